The second-order valence-electron chi connectivity index (χ2n) is 6.71. The molecule has 0 N–H and O–H groups in total. The van der Waals surface area contributed by atoms with Gasteiger partial charge in [-0.3, -0.25) is 9.69 Å². The first-order valence-corrected chi connectivity index (χ1v) is 8.01. The van der Waals surface area contributed by atoms with Gasteiger partial charge in [-0.1, -0.05) is 31.5 Å². The summed E-state index contributed by atoms with van der Waals surface area (Å²) < 4.78 is 0. The van der Waals surface area contributed by atoms with Gasteiger partial charge in [-0.2, -0.15) is 0 Å². The fourth-order valence-electron chi connectivity index (χ4n) is 2.97. The highest BCUT2D eigenvalue weighted by Gasteiger charge is 2.20. The van der Waals surface area contributed by atoms with Crippen LogP contribution in [0, 0.1) is 19.8 Å². The monoisotopic (exact) mass is 288 g/mol. The lowest BCUT2D eigenvalue weighted by molar-refractivity contribution is 0.0837. The van der Waals surface area contributed by atoms with E-state index in [2.05, 4.69) is 29.7 Å². The van der Waals surface area contributed by atoms with Crippen LogP contribution in [0.4, 0.5) is 0 Å². The maximum Gasteiger partial charge on any atom is 0.177 e. The van der Waals surface area contributed by atoms with Crippen LogP contribution in [0.5, 0.6) is 0 Å². The van der Waals surface area contributed by atoms with Crippen LogP contribution in [0.3, 0.4) is 0 Å². The lowest BCUT2D eigenvalue weighted by atomic mass is 10.0. The van der Waals surface area contributed by atoms with Crippen molar-refractivity contribution in [3.63, 3.8) is 0 Å². The average Bonchev–Trinajstić information content (AvgIpc) is 2.43. The van der Waals surface area contributed by atoms with E-state index in [0.717, 1.165) is 42.9 Å². The zero-order valence-electron chi connectivity index (χ0n) is 13.9. The normalized spacial score (nSPS) is 17.4. The Labute approximate surface area is 128 Å². The molecular formula is C18H28N2O. The molecule has 0 saturated carbocycles. The largest absolute Gasteiger partial charge is 0.301 e. The summed E-state index contributed by atoms with van der Waals surface area (Å²) in [6, 6.07) is 6.13. The minimum absolute atomic E-state index is 0.258. The first-order chi connectivity index (χ1) is 9.95. The Kier molecular flexibility index (Phi) is 5.54. The molecule has 0 bridgehead atoms. The quantitative estimate of drug-likeness (QED) is 0.778. The molecular weight excluding hydrogens is 260 g/mol. The smallest absolute Gasteiger partial charge is 0.177 e. The molecule has 0 spiro atoms. The number of Topliss-reactive ketones (excluding diaryl/α,β-unsaturated/α-hetero) is 1. The molecule has 1 aliphatic heterocycles. The van der Waals surface area contributed by atoms with Gasteiger partial charge in [0.2, 0.25) is 0 Å². The summed E-state index contributed by atoms with van der Waals surface area (Å²) in [6.45, 7) is 14.5. The van der Waals surface area contributed by atoms with Crippen molar-refractivity contribution in [2.45, 2.75) is 27.7 Å². The lowest BCUT2D eigenvalue weighted by Crippen LogP contribution is -2.48. The van der Waals surface area contributed by atoms with E-state index in [0.29, 0.717) is 12.5 Å². The van der Waals surface area contributed by atoms with Gasteiger partial charge in [-0.05, 0) is 31.4 Å². The topological polar surface area (TPSA) is 23.6 Å². The average molecular weight is 288 g/mol. The first-order valence-electron chi connectivity index (χ1n) is 8.01. The lowest BCUT2D eigenvalue weighted by Gasteiger charge is -2.35. The summed E-state index contributed by atoms with van der Waals surface area (Å²) in [5.74, 6) is 0.974. The molecule has 1 aromatic rings. The molecule has 0 aromatic heterocycles. The van der Waals surface area contributed by atoms with Crippen molar-refractivity contribution in [1.29, 1.82) is 0 Å². The number of hydrogen-bond donors (Lipinski definition) is 0. The van der Waals surface area contributed by atoms with E-state index in [4.69, 9.17) is 0 Å². The number of carbonyl (C=O) groups is 1. The Bertz CT molecular complexity index is 488. The number of piperazine rings is 1. The molecule has 3 nitrogen and oxygen atoms in total. The minimum Gasteiger partial charge on any atom is -0.301 e. The van der Waals surface area contributed by atoms with E-state index >= 15 is 0 Å². The zero-order chi connectivity index (χ0) is 15.4. The SMILES string of the molecule is Cc1ccc(C)c(C(=O)CN2CCN(CC(C)C)CC2)c1. The van der Waals surface area contributed by atoms with Gasteiger partial charge >= 0.3 is 0 Å². The molecule has 1 aliphatic rings. The number of rotatable bonds is 5. The van der Waals surface area contributed by atoms with Crippen LogP contribution < -0.4 is 0 Å². The third-order valence-electron chi connectivity index (χ3n) is 4.15. The predicted molar refractivity (Wildman–Crippen MR) is 88.0 cm³/mol. The number of hydrogen-bond acceptors (Lipinski definition) is 3. The molecule has 0 atom stereocenters. The van der Waals surface area contributed by atoms with Crippen LogP contribution in [0.2, 0.25) is 0 Å². The van der Waals surface area contributed by atoms with E-state index in [-0.39, 0.29) is 5.78 Å². The highest BCUT2D eigenvalue weighted by Crippen LogP contribution is 2.13. The summed E-state index contributed by atoms with van der Waals surface area (Å²) in [5.41, 5.74) is 3.13. The Balaban J connectivity index is 1.88. The first kappa shape index (κ1) is 16.2. The molecule has 116 valence electrons. The highest BCUT2D eigenvalue weighted by atomic mass is 16.1. The molecule has 1 heterocycles. The van der Waals surface area contributed by atoms with Gasteiger partial charge < -0.3 is 4.90 Å². The predicted octanol–water partition coefficient (Wildman–Crippen LogP) is 2.76. The number of nitrogens with zero attached hydrogens (tertiary/aromatic N) is 2. The van der Waals surface area contributed by atoms with Gasteiger partial charge in [0, 0.05) is 38.3 Å². The van der Waals surface area contributed by atoms with Crippen molar-refractivity contribution < 1.29 is 4.79 Å². The Morgan fingerprint density at radius 3 is 2.33 bits per heavy atom. The molecule has 1 aromatic carbocycles. The number of aryl methyl sites for hydroxylation is 2. The van der Waals surface area contributed by atoms with Gasteiger partial charge in [-0.25, -0.2) is 0 Å². The summed E-state index contributed by atoms with van der Waals surface area (Å²) >= 11 is 0. The molecule has 1 fully saturated rings. The summed E-state index contributed by atoms with van der Waals surface area (Å²) in [4.78, 5) is 17.3. The number of benzene rings is 1. The fourth-order valence-corrected chi connectivity index (χ4v) is 2.97. The van der Waals surface area contributed by atoms with Crippen molar-refractivity contribution >= 4 is 5.78 Å². The van der Waals surface area contributed by atoms with Crippen molar-refractivity contribution in [3.8, 4) is 0 Å². The van der Waals surface area contributed by atoms with Crippen LogP contribution in [-0.2, 0) is 0 Å². The molecule has 0 radical (unpaired) electrons. The second-order valence-corrected chi connectivity index (χ2v) is 6.71. The Morgan fingerprint density at radius 2 is 1.71 bits per heavy atom. The van der Waals surface area contributed by atoms with Gasteiger partial charge in [0.1, 0.15) is 0 Å². The summed E-state index contributed by atoms with van der Waals surface area (Å²) in [5, 5.41) is 0. The van der Waals surface area contributed by atoms with Crippen molar-refractivity contribution in [1.82, 2.24) is 9.80 Å². The van der Waals surface area contributed by atoms with Gasteiger partial charge in [0.25, 0.3) is 0 Å². The second kappa shape index (κ2) is 7.19. The third kappa shape index (κ3) is 4.65. The molecule has 3 heteroatoms. The van der Waals surface area contributed by atoms with Gasteiger partial charge in [-0.15, -0.1) is 0 Å². The fraction of sp³-hybridized carbons (Fsp3) is 0.611. The van der Waals surface area contributed by atoms with Crippen molar-refractivity contribution in [3.05, 3.63) is 34.9 Å². The Morgan fingerprint density at radius 1 is 1.10 bits per heavy atom. The van der Waals surface area contributed by atoms with E-state index in [1.165, 1.54) is 6.54 Å². The van der Waals surface area contributed by atoms with Crippen LogP contribution in [0.1, 0.15) is 35.3 Å². The van der Waals surface area contributed by atoms with E-state index in [9.17, 15) is 4.79 Å². The van der Waals surface area contributed by atoms with Gasteiger partial charge in [0.15, 0.2) is 5.78 Å². The molecule has 0 aliphatic carbocycles. The van der Waals surface area contributed by atoms with Gasteiger partial charge in [0.05, 0.1) is 6.54 Å². The third-order valence-corrected chi connectivity index (χ3v) is 4.15. The van der Waals surface area contributed by atoms with Crippen molar-refractivity contribution in [2.24, 2.45) is 5.92 Å². The van der Waals surface area contributed by atoms with E-state index in [1.54, 1.807) is 0 Å². The van der Waals surface area contributed by atoms with E-state index in [1.807, 2.05) is 26.0 Å². The molecule has 21 heavy (non-hydrogen) atoms. The van der Waals surface area contributed by atoms with Crippen LogP contribution in [0.25, 0.3) is 0 Å². The molecule has 0 amide bonds. The summed E-state index contributed by atoms with van der Waals surface area (Å²) in [6.07, 6.45) is 0. The van der Waals surface area contributed by atoms with Crippen molar-refractivity contribution in [2.75, 3.05) is 39.3 Å². The number of carbonyl (C=O) groups excluding carboxylic acids is 1. The standard InChI is InChI=1S/C18H28N2O/c1-14(2)12-19-7-9-20(10-8-19)13-18(21)17-11-15(3)5-6-16(17)4/h5-6,11,14H,7-10,12-13H2,1-4H3. The minimum atomic E-state index is 0.258. The van der Waals surface area contributed by atoms with E-state index < -0.39 is 0 Å². The maximum absolute atomic E-state index is 12.5. The molecule has 1 saturated heterocycles. The summed E-state index contributed by atoms with van der Waals surface area (Å²) in [7, 11) is 0. The van der Waals surface area contributed by atoms with Crippen LogP contribution in [-0.4, -0.2) is 54.9 Å². The maximum atomic E-state index is 12.5. The molecule has 0 unspecified atom stereocenters. The zero-order valence-corrected chi connectivity index (χ0v) is 13.9. The Hall–Kier alpha value is -1.19. The van der Waals surface area contributed by atoms with Crippen LogP contribution >= 0.6 is 0 Å². The highest BCUT2D eigenvalue weighted by molar-refractivity contribution is 5.99. The van der Waals surface area contributed by atoms with Crippen LogP contribution in [0.15, 0.2) is 18.2 Å². The number of ketones is 1. The molecule has 2 rings (SSSR count).